The number of hydrogen-bond acceptors (Lipinski definition) is 5. The number of hydrogen-bond donors (Lipinski definition) is 2. The molecule has 25 heavy (non-hydrogen) atoms. The maximum Gasteiger partial charge on any atom is 0.273 e. The minimum Gasteiger partial charge on any atom is -0.463 e. The maximum atomic E-state index is 12.5. The van der Waals surface area contributed by atoms with Crippen LogP contribution in [0.2, 0.25) is 0 Å². The Labute approximate surface area is 144 Å². The Balaban J connectivity index is 2.69. The number of halogens is 2. The third kappa shape index (κ3) is 5.79. The second-order valence-electron chi connectivity index (χ2n) is 5.65. The third-order valence-corrected chi connectivity index (χ3v) is 3.56. The number of aliphatic hydroxyl groups is 1. The molecule has 0 aliphatic heterocycles. The van der Waals surface area contributed by atoms with E-state index in [9.17, 15) is 23.5 Å². The molecule has 0 bridgehead atoms. The Kier molecular flexibility index (Phi) is 7.98. The lowest BCUT2D eigenvalue weighted by atomic mass is 10.2. The van der Waals surface area contributed by atoms with Crippen LogP contribution >= 0.6 is 0 Å². The second kappa shape index (κ2) is 9.47. The van der Waals surface area contributed by atoms with Gasteiger partial charge in [0.1, 0.15) is 18.1 Å². The van der Waals surface area contributed by atoms with Gasteiger partial charge in [-0.05, 0) is 26.8 Å². The van der Waals surface area contributed by atoms with Gasteiger partial charge in [-0.1, -0.05) is 0 Å². The largest absolute Gasteiger partial charge is 0.463 e. The first kappa shape index (κ1) is 21.0. The third-order valence-electron chi connectivity index (χ3n) is 3.56. The highest BCUT2D eigenvalue weighted by Gasteiger charge is 2.30. The summed E-state index contributed by atoms with van der Waals surface area (Å²) in [7, 11) is 1.50. The molecule has 0 radical (unpaired) electrons. The van der Waals surface area contributed by atoms with Gasteiger partial charge >= 0.3 is 0 Å². The summed E-state index contributed by atoms with van der Waals surface area (Å²) in [5.74, 6) is -0.550. The Morgan fingerprint density at radius 1 is 1.44 bits per heavy atom. The summed E-state index contributed by atoms with van der Waals surface area (Å²) in [4.78, 5) is 25.2. The van der Waals surface area contributed by atoms with Gasteiger partial charge in [0, 0.05) is 26.2 Å². The molecular formula is C16H24F2N2O5. The van der Waals surface area contributed by atoms with Crippen molar-refractivity contribution >= 4 is 11.8 Å². The van der Waals surface area contributed by atoms with Crippen molar-refractivity contribution in [1.29, 1.82) is 0 Å². The Hall–Kier alpha value is -2.00. The van der Waals surface area contributed by atoms with E-state index in [1.54, 1.807) is 26.8 Å². The second-order valence-corrected chi connectivity index (χ2v) is 5.65. The number of rotatable bonds is 9. The van der Waals surface area contributed by atoms with E-state index in [1.165, 1.54) is 7.11 Å². The molecule has 9 heteroatoms. The number of nitrogens with zero attached hydrogens (tertiary/aromatic N) is 1. The molecule has 0 saturated carbocycles. The molecule has 0 spiro atoms. The van der Waals surface area contributed by atoms with Crippen LogP contribution in [0.25, 0.3) is 0 Å². The summed E-state index contributed by atoms with van der Waals surface area (Å²) in [5, 5.41) is 11.9. The van der Waals surface area contributed by atoms with Gasteiger partial charge in [-0.3, -0.25) is 9.59 Å². The van der Waals surface area contributed by atoms with Crippen molar-refractivity contribution < 1.29 is 32.6 Å². The van der Waals surface area contributed by atoms with E-state index in [-0.39, 0.29) is 19.7 Å². The number of likely N-dealkylation sites (N-methyl/N-ethyl adjacent to an activating group) is 1. The number of aryl methyl sites for hydroxylation is 1. The number of ether oxygens (including phenoxy) is 1. The summed E-state index contributed by atoms with van der Waals surface area (Å²) in [6.07, 6.45) is -5.52. The van der Waals surface area contributed by atoms with Gasteiger partial charge < -0.3 is 24.5 Å². The summed E-state index contributed by atoms with van der Waals surface area (Å²) in [6.45, 7) is 5.22. The fraction of sp³-hybridized carbons (Fsp3) is 0.625. The van der Waals surface area contributed by atoms with E-state index in [2.05, 4.69) is 5.32 Å². The zero-order valence-electron chi connectivity index (χ0n) is 14.7. The van der Waals surface area contributed by atoms with Crippen molar-refractivity contribution in [2.45, 2.75) is 45.9 Å². The fourth-order valence-corrected chi connectivity index (χ4v) is 2.33. The average molecular weight is 362 g/mol. The van der Waals surface area contributed by atoms with E-state index >= 15 is 0 Å². The number of furan rings is 1. The number of carbonyl (C=O) groups is 2. The normalized spacial score (nSPS) is 13.6. The smallest absolute Gasteiger partial charge is 0.273 e. The zero-order chi connectivity index (χ0) is 19.1. The molecular weight excluding hydrogens is 338 g/mol. The lowest BCUT2D eigenvalue weighted by Crippen LogP contribution is -2.48. The summed E-state index contributed by atoms with van der Waals surface area (Å²) in [6, 6.07) is 1.05. The first-order valence-electron chi connectivity index (χ1n) is 7.85. The number of aliphatic hydroxyl groups excluding tert-OH is 1. The van der Waals surface area contributed by atoms with Gasteiger partial charge in [0.05, 0.1) is 5.56 Å². The number of methoxy groups -OCH3 is 1. The predicted octanol–water partition coefficient (Wildman–Crippen LogP) is 1.33. The van der Waals surface area contributed by atoms with Crippen molar-refractivity contribution in [1.82, 2.24) is 10.2 Å². The molecule has 1 aromatic heterocycles. The van der Waals surface area contributed by atoms with Crippen LogP contribution in [-0.2, 0) is 16.1 Å². The van der Waals surface area contributed by atoms with Gasteiger partial charge in [-0.25, -0.2) is 8.78 Å². The molecule has 7 nitrogen and oxygen atoms in total. The number of nitrogens with one attached hydrogen (secondary N) is 1. The van der Waals surface area contributed by atoms with Crippen LogP contribution in [0.5, 0.6) is 0 Å². The van der Waals surface area contributed by atoms with Crippen molar-refractivity contribution in [3.8, 4) is 0 Å². The van der Waals surface area contributed by atoms with E-state index in [0.29, 0.717) is 17.1 Å². The molecule has 142 valence electrons. The molecule has 0 aromatic carbocycles. The highest BCUT2D eigenvalue weighted by Crippen LogP contribution is 2.15. The fourth-order valence-electron chi connectivity index (χ4n) is 2.33. The lowest BCUT2D eigenvalue weighted by molar-refractivity contribution is -0.148. The molecule has 1 heterocycles. The number of alkyl halides is 2. The SMILES string of the molecule is CCN(CC(C)NC(=O)c1cc(COC)oc1C)C(=O)C(O)C(F)F. The molecule has 0 fully saturated rings. The Morgan fingerprint density at radius 2 is 2.08 bits per heavy atom. The summed E-state index contributed by atoms with van der Waals surface area (Å²) in [5.41, 5.74) is 0.334. The van der Waals surface area contributed by atoms with Crippen LogP contribution in [-0.4, -0.2) is 60.6 Å². The van der Waals surface area contributed by atoms with Crippen molar-refractivity contribution in [3.05, 3.63) is 23.2 Å². The van der Waals surface area contributed by atoms with Crippen molar-refractivity contribution in [2.75, 3.05) is 20.2 Å². The van der Waals surface area contributed by atoms with Gasteiger partial charge in [0.15, 0.2) is 6.10 Å². The molecule has 1 rings (SSSR count). The monoisotopic (exact) mass is 362 g/mol. The van der Waals surface area contributed by atoms with Gasteiger partial charge in [0.2, 0.25) is 0 Å². The lowest BCUT2D eigenvalue weighted by Gasteiger charge is -2.27. The minimum atomic E-state index is -3.15. The van der Waals surface area contributed by atoms with E-state index in [0.717, 1.165) is 4.90 Å². The van der Waals surface area contributed by atoms with Gasteiger partial charge in [-0.2, -0.15) is 0 Å². The van der Waals surface area contributed by atoms with Crippen LogP contribution in [0.3, 0.4) is 0 Å². The van der Waals surface area contributed by atoms with E-state index < -0.39 is 30.4 Å². The van der Waals surface area contributed by atoms with E-state index in [4.69, 9.17) is 9.15 Å². The zero-order valence-corrected chi connectivity index (χ0v) is 14.7. The molecule has 2 N–H and O–H groups in total. The average Bonchev–Trinajstić information content (AvgIpc) is 2.92. The Morgan fingerprint density at radius 3 is 2.60 bits per heavy atom. The first-order valence-corrected chi connectivity index (χ1v) is 7.85. The number of carbonyl (C=O) groups excluding carboxylic acids is 2. The molecule has 0 aliphatic rings. The first-order chi connectivity index (χ1) is 11.7. The Bertz CT molecular complexity index is 591. The van der Waals surface area contributed by atoms with Crippen LogP contribution in [0.15, 0.2) is 10.5 Å². The summed E-state index contributed by atoms with van der Waals surface area (Å²) < 4.78 is 35.3. The quantitative estimate of drug-likeness (QED) is 0.691. The standard InChI is InChI=1S/C16H24F2N2O5/c1-5-20(16(23)13(21)14(17)18)7-9(2)19-15(22)12-6-11(8-24-4)25-10(12)3/h6,9,13-14,21H,5,7-8H2,1-4H3,(H,19,22). The van der Waals surface area contributed by atoms with Crippen LogP contribution in [0.1, 0.15) is 35.7 Å². The molecule has 2 atom stereocenters. The van der Waals surface area contributed by atoms with Crippen molar-refractivity contribution in [2.24, 2.45) is 0 Å². The van der Waals surface area contributed by atoms with Gasteiger partial charge in [-0.15, -0.1) is 0 Å². The topological polar surface area (TPSA) is 92.0 Å². The maximum absolute atomic E-state index is 12.5. The summed E-state index contributed by atoms with van der Waals surface area (Å²) >= 11 is 0. The van der Waals surface area contributed by atoms with Crippen LogP contribution in [0, 0.1) is 6.92 Å². The van der Waals surface area contributed by atoms with Crippen LogP contribution in [0.4, 0.5) is 8.78 Å². The molecule has 2 unspecified atom stereocenters. The molecule has 0 aliphatic carbocycles. The molecule has 0 saturated heterocycles. The predicted molar refractivity (Wildman–Crippen MR) is 85.4 cm³/mol. The minimum absolute atomic E-state index is 0.00726. The number of amides is 2. The van der Waals surface area contributed by atoms with Crippen molar-refractivity contribution in [3.63, 3.8) is 0 Å². The van der Waals surface area contributed by atoms with Gasteiger partial charge in [0.25, 0.3) is 18.2 Å². The highest BCUT2D eigenvalue weighted by atomic mass is 19.3. The van der Waals surface area contributed by atoms with Crippen LogP contribution < -0.4 is 5.32 Å². The molecule has 2 amide bonds. The molecule has 1 aromatic rings. The van der Waals surface area contributed by atoms with E-state index in [1.807, 2.05) is 0 Å². The highest BCUT2D eigenvalue weighted by molar-refractivity contribution is 5.95.